The van der Waals surface area contributed by atoms with Gasteiger partial charge >= 0.3 is 0 Å². The van der Waals surface area contributed by atoms with E-state index in [2.05, 4.69) is 54.4 Å². The predicted molar refractivity (Wildman–Crippen MR) is 79.1 cm³/mol. The highest BCUT2D eigenvalue weighted by Crippen LogP contribution is 2.29. The van der Waals surface area contributed by atoms with E-state index in [1.54, 1.807) is 0 Å². The normalized spacial score (nSPS) is 17.5. The van der Waals surface area contributed by atoms with Crippen molar-refractivity contribution in [3.05, 3.63) is 41.5 Å². The molecule has 98 valence electrons. The summed E-state index contributed by atoms with van der Waals surface area (Å²) in [5.41, 5.74) is 4.30. The molecule has 1 aromatic carbocycles. The molecular weight excluding hydrogens is 220 g/mol. The number of para-hydroxylation sites is 1. The molecule has 2 nitrogen and oxygen atoms in total. The fourth-order valence-electron chi connectivity index (χ4n) is 2.77. The minimum atomic E-state index is 0.451. The number of hydrogen-bond acceptors (Lipinski definition) is 2. The van der Waals surface area contributed by atoms with Gasteiger partial charge in [-0.1, -0.05) is 36.8 Å². The third kappa shape index (κ3) is 2.75. The molecule has 1 aliphatic rings. The van der Waals surface area contributed by atoms with E-state index in [9.17, 15) is 0 Å². The highest BCUT2D eigenvalue weighted by Gasteiger charge is 2.17. The van der Waals surface area contributed by atoms with Crippen molar-refractivity contribution >= 4 is 5.69 Å². The van der Waals surface area contributed by atoms with Crippen LogP contribution in [0, 0.1) is 0 Å². The monoisotopic (exact) mass is 244 g/mol. The van der Waals surface area contributed by atoms with Gasteiger partial charge in [0.15, 0.2) is 0 Å². The maximum absolute atomic E-state index is 3.42. The Labute approximate surface area is 111 Å². The van der Waals surface area contributed by atoms with Crippen LogP contribution in [0.15, 0.2) is 35.9 Å². The smallest absolute Gasteiger partial charge is 0.0417 e. The molecule has 0 radical (unpaired) electrons. The van der Waals surface area contributed by atoms with E-state index in [1.807, 2.05) is 7.05 Å². The molecule has 0 fully saturated rings. The number of nitrogens with zero attached hydrogens (tertiary/aromatic N) is 1. The van der Waals surface area contributed by atoms with Gasteiger partial charge in [0.2, 0.25) is 0 Å². The van der Waals surface area contributed by atoms with E-state index in [-0.39, 0.29) is 0 Å². The molecule has 18 heavy (non-hydrogen) atoms. The summed E-state index contributed by atoms with van der Waals surface area (Å²) in [5, 5.41) is 3.42. The molecule has 0 amide bonds. The van der Waals surface area contributed by atoms with Crippen LogP contribution < -0.4 is 10.2 Å². The van der Waals surface area contributed by atoms with Crippen molar-refractivity contribution < 1.29 is 0 Å². The Morgan fingerprint density at radius 2 is 2.11 bits per heavy atom. The first kappa shape index (κ1) is 13.2. The number of hydrogen-bond donors (Lipinski definition) is 1. The van der Waals surface area contributed by atoms with Crippen molar-refractivity contribution in [1.82, 2.24) is 5.32 Å². The summed E-state index contributed by atoms with van der Waals surface area (Å²) in [6.45, 7) is 6.66. The van der Waals surface area contributed by atoms with Crippen molar-refractivity contribution in [2.75, 3.05) is 25.0 Å². The number of anilines is 1. The van der Waals surface area contributed by atoms with E-state index in [0.717, 1.165) is 25.9 Å². The van der Waals surface area contributed by atoms with Gasteiger partial charge in [-0.05, 0) is 38.4 Å². The summed E-state index contributed by atoms with van der Waals surface area (Å²) in [6.07, 6.45) is 4.64. The molecule has 0 saturated carbocycles. The van der Waals surface area contributed by atoms with E-state index in [1.165, 1.54) is 16.8 Å². The largest absolute Gasteiger partial charge is 0.367 e. The molecule has 2 rings (SSSR count). The van der Waals surface area contributed by atoms with E-state index in [4.69, 9.17) is 0 Å². The van der Waals surface area contributed by atoms with Crippen LogP contribution >= 0.6 is 0 Å². The van der Waals surface area contributed by atoms with Gasteiger partial charge in [0.25, 0.3) is 0 Å². The fourth-order valence-corrected chi connectivity index (χ4v) is 2.77. The minimum absolute atomic E-state index is 0.451. The molecule has 0 spiro atoms. The van der Waals surface area contributed by atoms with Gasteiger partial charge in [-0.15, -0.1) is 0 Å². The van der Waals surface area contributed by atoms with E-state index >= 15 is 0 Å². The SMILES string of the molecule is CCC(NC)c1ccccc1N1CCC=C(C)C1. The molecule has 1 aromatic rings. The molecule has 1 N–H and O–H groups in total. The first-order chi connectivity index (χ1) is 8.76. The molecule has 0 bridgehead atoms. The van der Waals surface area contributed by atoms with Gasteiger partial charge in [0.05, 0.1) is 0 Å². The van der Waals surface area contributed by atoms with Crippen molar-refractivity contribution in [1.29, 1.82) is 0 Å². The third-order valence-corrected chi connectivity index (χ3v) is 3.74. The Hall–Kier alpha value is -1.28. The molecule has 0 aromatic heterocycles. The fraction of sp³-hybridized carbons (Fsp3) is 0.500. The molecule has 1 unspecified atom stereocenters. The summed E-state index contributed by atoms with van der Waals surface area (Å²) in [4.78, 5) is 2.50. The third-order valence-electron chi connectivity index (χ3n) is 3.74. The van der Waals surface area contributed by atoms with Gasteiger partial charge in [0.1, 0.15) is 0 Å². The summed E-state index contributed by atoms with van der Waals surface area (Å²) >= 11 is 0. The quantitative estimate of drug-likeness (QED) is 0.815. The second-order valence-electron chi connectivity index (χ2n) is 5.07. The van der Waals surface area contributed by atoms with Gasteiger partial charge in [-0.2, -0.15) is 0 Å². The standard InChI is InChI=1S/C16H24N2/c1-4-15(17-3)14-9-5-6-10-16(14)18-11-7-8-13(2)12-18/h5-6,8-10,15,17H,4,7,11-12H2,1-3H3. The maximum atomic E-state index is 3.42. The zero-order valence-corrected chi connectivity index (χ0v) is 11.7. The zero-order chi connectivity index (χ0) is 13.0. The van der Waals surface area contributed by atoms with Gasteiger partial charge in [0, 0.05) is 24.8 Å². The van der Waals surface area contributed by atoms with Crippen LogP contribution in [0.2, 0.25) is 0 Å². The molecule has 0 saturated heterocycles. The van der Waals surface area contributed by atoms with Crippen LogP contribution in [0.5, 0.6) is 0 Å². The van der Waals surface area contributed by atoms with Crippen LogP contribution in [-0.4, -0.2) is 20.1 Å². The van der Waals surface area contributed by atoms with E-state index < -0.39 is 0 Å². The lowest BCUT2D eigenvalue weighted by Crippen LogP contribution is -2.31. The Morgan fingerprint density at radius 1 is 1.33 bits per heavy atom. The Morgan fingerprint density at radius 3 is 2.78 bits per heavy atom. The second-order valence-corrected chi connectivity index (χ2v) is 5.07. The second kappa shape index (κ2) is 6.05. The lowest BCUT2D eigenvalue weighted by atomic mass is 10.00. The van der Waals surface area contributed by atoms with Crippen LogP contribution in [0.1, 0.15) is 38.3 Å². The topological polar surface area (TPSA) is 15.3 Å². The summed E-state index contributed by atoms with van der Waals surface area (Å²) in [6, 6.07) is 9.26. The lowest BCUT2D eigenvalue weighted by Gasteiger charge is -2.32. The lowest BCUT2D eigenvalue weighted by molar-refractivity contribution is 0.574. The number of nitrogens with one attached hydrogen (secondary N) is 1. The predicted octanol–water partition coefficient (Wildman–Crippen LogP) is 3.51. The highest BCUT2D eigenvalue weighted by molar-refractivity contribution is 5.56. The molecule has 2 heteroatoms. The van der Waals surface area contributed by atoms with Crippen LogP contribution in [0.3, 0.4) is 0 Å². The average Bonchev–Trinajstić information content (AvgIpc) is 2.41. The van der Waals surface area contributed by atoms with Crippen molar-refractivity contribution in [2.45, 2.75) is 32.7 Å². The first-order valence-electron chi connectivity index (χ1n) is 6.93. The average molecular weight is 244 g/mol. The Balaban J connectivity index is 2.30. The Kier molecular flexibility index (Phi) is 4.43. The van der Waals surface area contributed by atoms with E-state index in [0.29, 0.717) is 6.04 Å². The molecule has 1 heterocycles. The highest BCUT2D eigenvalue weighted by atomic mass is 15.1. The molecular formula is C16H24N2. The first-order valence-corrected chi connectivity index (χ1v) is 6.93. The van der Waals surface area contributed by atoms with Gasteiger partial charge in [-0.3, -0.25) is 0 Å². The molecule has 0 aliphatic carbocycles. The van der Waals surface area contributed by atoms with Gasteiger partial charge in [-0.25, -0.2) is 0 Å². The number of benzene rings is 1. The number of rotatable bonds is 4. The van der Waals surface area contributed by atoms with Gasteiger partial charge < -0.3 is 10.2 Å². The van der Waals surface area contributed by atoms with Crippen LogP contribution in [0.25, 0.3) is 0 Å². The minimum Gasteiger partial charge on any atom is -0.367 e. The summed E-state index contributed by atoms with van der Waals surface area (Å²) in [7, 11) is 2.05. The maximum Gasteiger partial charge on any atom is 0.0417 e. The van der Waals surface area contributed by atoms with Crippen molar-refractivity contribution in [3.8, 4) is 0 Å². The van der Waals surface area contributed by atoms with Crippen LogP contribution in [-0.2, 0) is 0 Å². The summed E-state index contributed by atoms with van der Waals surface area (Å²) in [5.74, 6) is 0. The molecule has 1 atom stereocenters. The Bertz CT molecular complexity index is 419. The zero-order valence-electron chi connectivity index (χ0n) is 11.7. The summed E-state index contributed by atoms with van der Waals surface area (Å²) < 4.78 is 0. The van der Waals surface area contributed by atoms with Crippen LogP contribution in [0.4, 0.5) is 5.69 Å². The molecule has 1 aliphatic heterocycles. The van der Waals surface area contributed by atoms with Crippen molar-refractivity contribution in [2.24, 2.45) is 0 Å². The van der Waals surface area contributed by atoms with Crippen molar-refractivity contribution in [3.63, 3.8) is 0 Å².